The van der Waals surface area contributed by atoms with Gasteiger partial charge in [0.25, 0.3) is 0 Å². The lowest BCUT2D eigenvalue weighted by Gasteiger charge is -2.26. The third kappa shape index (κ3) is 5.19. The molecule has 0 spiro atoms. The van der Waals surface area contributed by atoms with Crippen LogP contribution in [0, 0.1) is 5.92 Å². The Balaban J connectivity index is 0.000000260. The fourth-order valence-corrected chi connectivity index (χ4v) is 4.48. The summed E-state index contributed by atoms with van der Waals surface area (Å²) in [6.45, 7) is 2.43. The number of ether oxygens (including phenoxy) is 1. The van der Waals surface area contributed by atoms with Crippen LogP contribution in [0.1, 0.15) is 43.2 Å². The van der Waals surface area contributed by atoms with E-state index >= 15 is 0 Å². The van der Waals surface area contributed by atoms with Crippen molar-refractivity contribution in [1.82, 2.24) is 24.6 Å². The van der Waals surface area contributed by atoms with Crippen molar-refractivity contribution < 1.29 is 9.84 Å². The molecular formula is C24H34N6O2. The molecule has 2 aromatic heterocycles. The maximum Gasteiger partial charge on any atom is 0.229 e. The maximum atomic E-state index is 8.69. The number of methoxy groups -OCH3 is 1. The highest BCUT2D eigenvalue weighted by molar-refractivity contribution is 5.75. The Morgan fingerprint density at radius 2 is 1.94 bits per heavy atom. The second kappa shape index (κ2) is 10.3. The number of rotatable bonds is 4. The predicted molar refractivity (Wildman–Crippen MR) is 126 cm³/mol. The Bertz CT molecular complexity index is 1040. The molecule has 0 radical (unpaired) electrons. The summed E-state index contributed by atoms with van der Waals surface area (Å²) in [5.41, 5.74) is 4.34. The van der Waals surface area contributed by atoms with Crippen LogP contribution in [0.15, 0.2) is 24.5 Å². The number of likely N-dealkylation sites (N-methyl/N-ethyl adjacent to an activating group) is 1. The molecule has 1 aliphatic carbocycles. The van der Waals surface area contributed by atoms with Gasteiger partial charge in [0.05, 0.1) is 24.4 Å². The first-order valence-electron chi connectivity index (χ1n) is 11.5. The van der Waals surface area contributed by atoms with E-state index in [1.165, 1.54) is 43.2 Å². The molecule has 1 fully saturated rings. The van der Waals surface area contributed by atoms with E-state index in [-0.39, 0.29) is 0 Å². The zero-order valence-corrected chi connectivity index (χ0v) is 19.3. The van der Waals surface area contributed by atoms with E-state index in [2.05, 4.69) is 44.5 Å². The van der Waals surface area contributed by atoms with Gasteiger partial charge in [-0.25, -0.2) is 4.98 Å². The van der Waals surface area contributed by atoms with Gasteiger partial charge in [-0.2, -0.15) is 10.1 Å². The number of aryl methyl sites for hydroxylation is 1. The van der Waals surface area contributed by atoms with E-state index in [0.29, 0.717) is 18.5 Å². The third-order valence-electron chi connectivity index (χ3n) is 6.43. The van der Waals surface area contributed by atoms with Crippen LogP contribution in [-0.4, -0.2) is 57.1 Å². The molecule has 0 saturated heterocycles. The second-order valence-electron chi connectivity index (χ2n) is 8.86. The summed E-state index contributed by atoms with van der Waals surface area (Å²) in [6.07, 6.45) is 11.2. The summed E-state index contributed by atoms with van der Waals surface area (Å²) >= 11 is 0. The zero-order valence-electron chi connectivity index (χ0n) is 19.3. The normalized spacial score (nSPS) is 16.9. The minimum Gasteiger partial charge on any atom is -0.495 e. The minimum absolute atomic E-state index is 0.417. The summed E-state index contributed by atoms with van der Waals surface area (Å²) in [5.74, 6) is 1.99. The fourth-order valence-electron chi connectivity index (χ4n) is 4.48. The molecule has 0 bridgehead atoms. The number of nitrogens with zero attached hydrogens (tertiary/aromatic N) is 5. The highest BCUT2D eigenvalue weighted by atomic mass is 16.5. The summed E-state index contributed by atoms with van der Waals surface area (Å²) < 4.78 is 7.29. The lowest BCUT2D eigenvalue weighted by molar-refractivity contribution is 0.190. The van der Waals surface area contributed by atoms with E-state index in [0.717, 1.165) is 42.0 Å². The molecule has 1 saturated carbocycles. The average molecular weight is 439 g/mol. The van der Waals surface area contributed by atoms with Crippen molar-refractivity contribution in [2.75, 3.05) is 32.6 Å². The fraction of sp³-hybridized carbons (Fsp3) is 0.542. The molecule has 1 aliphatic heterocycles. The third-order valence-corrected chi connectivity index (χ3v) is 6.43. The lowest BCUT2D eigenvalue weighted by Crippen LogP contribution is -2.26. The Morgan fingerprint density at radius 3 is 2.66 bits per heavy atom. The maximum absolute atomic E-state index is 8.69. The van der Waals surface area contributed by atoms with Gasteiger partial charge in [0.1, 0.15) is 5.75 Å². The molecule has 8 nitrogen and oxygen atoms in total. The van der Waals surface area contributed by atoms with Crippen molar-refractivity contribution in [2.24, 2.45) is 13.0 Å². The molecule has 0 amide bonds. The van der Waals surface area contributed by atoms with Crippen LogP contribution in [0.25, 0.3) is 11.0 Å². The standard InChI is InChI=1S/C17H20N6O.C7H14O/c1-22-5-4-11-7-15(24-3)14(6-12(11)10-22)20-17-18-8-13-9-19-23(2)16(13)21-17;8-6-7-4-2-1-3-5-7/h6-9H,4-5,10H2,1-3H3,(H,18,20,21);7-8H,1-6H2. The molecule has 5 rings (SSSR count). The van der Waals surface area contributed by atoms with Gasteiger partial charge in [-0.15, -0.1) is 0 Å². The first-order valence-corrected chi connectivity index (χ1v) is 11.5. The van der Waals surface area contributed by atoms with E-state index in [4.69, 9.17) is 9.84 Å². The van der Waals surface area contributed by atoms with Crippen molar-refractivity contribution in [1.29, 1.82) is 0 Å². The van der Waals surface area contributed by atoms with Gasteiger partial charge < -0.3 is 20.1 Å². The molecular weight excluding hydrogens is 404 g/mol. The summed E-state index contributed by atoms with van der Waals surface area (Å²) in [6, 6.07) is 4.26. The monoisotopic (exact) mass is 438 g/mol. The Morgan fingerprint density at radius 1 is 1.12 bits per heavy atom. The van der Waals surface area contributed by atoms with Crippen molar-refractivity contribution in [3.8, 4) is 5.75 Å². The number of aromatic nitrogens is 4. The van der Waals surface area contributed by atoms with Crippen LogP contribution in [0.2, 0.25) is 0 Å². The Hall–Kier alpha value is -2.71. The molecule has 2 aliphatic rings. The summed E-state index contributed by atoms with van der Waals surface area (Å²) in [5, 5.41) is 17.1. The molecule has 2 N–H and O–H groups in total. The van der Waals surface area contributed by atoms with Crippen LogP contribution in [0.4, 0.5) is 11.6 Å². The average Bonchev–Trinajstić information content (AvgIpc) is 3.19. The van der Waals surface area contributed by atoms with Crippen molar-refractivity contribution in [3.63, 3.8) is 0 Å². The first-order chi connectivity index (χ1) is 15.6. The second-order valence-corrected chi connectivity index (χ2v) is 8.86. The number of fused-ring (bicyclic) bond motifs is 2. The van der Waals surface area contributed by atoms with E-state index in [9.17, 15) is 0 Å². The van der Waals surface area contributed by atoms with Gasteiger partial charge in [-0.1, -0.05) is 19.3 Å². The highest BCUT2D eigenvalue weighted by Crippen LogP contribution is 2.33. The van der Waals surface area contributed by atoms with Gasteiger partial charge in [0, 0.05) is 32.9 Å². The molecule has 3 aromatic rings. The number of anilines is 2. The van der Waals surface area contributed by atoms with Crippen LogP contribution in [0.3, 0.4) is 0 Å². The highest BCUT2D eigenvalue weighted by Gasteiger charge is 2.17. The topological polar surface area (TPSA) is 88.3 Å². The number of aliphatic hydroxyl groups excluding tert-OH is 1. The SMILES string of the molecule is COc1cc2c(cc1Nc1ncc3cnn(C)c3n1)CN(C)CC2.OCC1CCCCC1. The molecule has 172 valence electrons. The smallest absolute Gasteiger partial charge is 0.229 e. The van der Waals surface area contributed by atoms with Crippen molar-refractivity contribution >= 4 is 22.7 Å². The molecule has 0 atom stereocenters. The molecule has 32 heavy (non-hydrogen) atoms. The van der Waals surface area contributed by atoms with Gasteiger partial charge in [0.2, 0.25) is 5.95 Å². The van der Waals surface area contributed by atoms with Crippen LogP contribution >= 0.6 is 0 Å². The Kier molecular flexibility index (Phi) is 7.22. The summed E-state index contributed by atoms with van der Waals surface area (Å²) in [4.78, 5) is 11.2. The first kappa shape index (κ1) is 22.5. The van der Waals surface area contributed by atoms with Gasteiger partial charge in [-0.3, -0.25) is 4.68 Å². The van der Waals surface area contributed by atoms with Crippen LogP contribution < -0.4 is 10.1 Å². The molecule has 8 heteroatoms. The van der Waals surface area contributed by atoms with E-state index < -0.39 is 0 Å². The minimum atomic E-state index is 0.417. The predicted octanol–water partition coefficient (Wildman–Crippen LogP) is 3.66. The van der Waals surface area contributed by atoms with Crippen LogP contribution in [-0.2, 0) is 20.0 Å². The zero-order chi connectivity index (χ0) is 22.5. The van der Waals surface area contributed by atoms with Crippen LogP contribution in [0.5, 0.6) is 5.75 Å². The molecule has 0 unspecified atom stereocenters. The largest absolute Gasteiger partial charge is 0.495 e. The number of benzene rings is 1. The van der Waals surface area contributed by atoms with Crippen molar-refractivity contribution in [3.05, 3.63) is 35.7 Å². The number of hydrogen-bond acceptors (Lipinski definition) is 7. The van der Waals surface area contributed by atoms with E-state index in [1.807, 2.05) is 7.05 Å². The number of hydrogen-bond donors (Lipinski definition) is 2. The molecule has 1 aromatic carbocycles. The van der Waals surface area contributed by atoms with Gasteiger partial charge in [-0.05, 0) is 55.5 Å². The van der Waals surface area contributed by atoms with Gasteiger partial charge in [0.15, 0.2) is 5.65 Å². The number of aliphatic hydroxyl groups is 1. The van der Waals surface area contributed by atoms with Gasteiger partial charge >= 0.3 is 0 Å². The summed E-state index contributed by atoms with van der Waals surface area (Å²) in [7, 11) is 5.70. The quantitative estimate of drug-likeness (QED) is 0.643. The lowest BCUT2D eigenvalue weighted by atomic mass is 9.90. The Labute approximate surface area is 189 Å². The van der Waals surface area contributed by atoms with E-state index in [1.54, 1.807) is 24.2 Å². The number of nitrogens with one attached hydrogen (secondary N) is 1. The van der Waals surface area contributed by atoms with Crippen molar-refractivity contribution in [2.45, 2.75) is 45.1 Å². The molecule has 3 heterocycles.